The normalized spacial score (nSPS) is 21.3. The molecular formula is C21H23BrN4O2S. The van der Waals surface area contributed by atoms with Gasteiger partial charge in [-0.25, -0.2) is 0 Å². The highest BCUT2D eigenvalue weighted by molar-refractivity contribution is 9.10. The number of amidine groups is 2. The van der Waals surface area contributed by atoms with Gasteiger partial charge in [0.05, 0.1) is 17.2 Å². The van der Waals surface area contributed by atoms with Gasteiger partial charge in [0.15, 0.2) is 5.84 Å². The zero-order chi connectivity index (χ0) is 20.4. The molecule has 1 aromatic rings. The first-order valence-corrected chi connectivity index (χ1v) is 11.5. The van der Waals surface area contributed by atoms with Gasteiger partial charge in [0, 0.05) is 0 Å². The molecular weight excluding hydrogens is 452 g/mol. The van der Waals surface area contributed by atoms with Gasteiger partial charge in [-0.15, -0.1) is 0 Å². The van der Waals surface area contributed by atoms with Crippen molar-refractivity contribution in [2.75, 3.05) is 7.11 Å². The molecule has 6 nitrogen and oxygen atoms in total. The standard InChI is InChI=1S/C21H23BrN4O2S/c1-28-17-9-7-14(12-16(17)22)11-15-19(23)26-21(24-20(15)27)29-18(25-26)10-8-13-5-3-2-4-6-13/h7,9,11-13,23H,2-6,8,10H2,1H3. The van der Waals surface area contributed by atoms with E-state index in [0.717, 1.165) is 33.8 Å². The van der Waals surface area contributed by atoms with Crippen molar-refractivity contribution >= 4 is 55.7 Å². The van der Waals surface area contributed by atoms with Gasteiger partial charge in [0.2, 0.25) is 5.17 Å². The van der Waals surface area contributed by atoms with Crippen LogP contribution in [0.2, 0.25) is 0 Å². The van der Waals surface area contributed by atoms with E-state index in [9.17, 15) is 4.79 Å². The molecule has 3 aliphatic rings. The molecule has 0 aromatic heterocycles. The lowest BCUT2D eigenvalue weighted by atomic mass is 9.86. The molecule has 0 atom stereocenters. The lowest BCUT2D eigenvalue weighted by Gasteiger charge is -2.20. The largest absolute Gasteiger partial charge is 0.496 e. The number of methoxy groups -OCH3 is 1. The Hall–Kier alpha value is -1.93. The number of hydrogen-bond acceptors (Lipinski definition) is 5. The first-order chi connectivity index (χ1) is 14.0. The summed E-state index contributed by atoms with van der Waals surface area (Å²) in [6, 6.07) is 5.51. The monoisotopic (exact) mass is 474 g/mol. The van der Waals surface area contributed by atoms with Crippen LogP contribution in [0.3, 0.4) is 0 Å². The van der Waals surface area contributed by atoms with Gasteiger partial charge in [-0.05, 0) is 70.2 Å². The highest BCUT2D eigenvalue weighted by Gasteiger charge is 2.35. The number of hydrazone groups is 1. The summed E-state index contributed by atoms with van der Waals surface area (Å²) in [5.74, 6) is 1.16. The molecule has 0 spiro atoms. The summed E-state index contributed by atoms with van der Waals surface area (Å²) < 4.78 is 6.03. The number of aliphatic imine (C=N–C) groups is 1. The van der Waals surface area contributed by atoms with E-state index in [1.54, 1.807) is 13.2 Å². The van der Waals surface area contributed by atoms with E-state index in [1.807, 2.05) is 18.2 Å². The first-order valence-electron chi connectivity index (χ1n) is 9.88. The average molecular weight is 475 g/mol. The summed E-state index contributed by atoms with van der Waals surface area (Å²) in [5.41, 5.74) is 1.03. The third kappa shape index (κ3) is 4.48. The van der Waals surface area contributed by atoms with Crippen molar-refractivity contribution in [2.24, 2.45) is 16.0 Å². The molecule has 1 N–H and O–H groups in total. The number of rotatable bonds is 5. The van der Waals surface area contributed by atoms with E-state index >= 15 is 0 Å². The molecule has 1 amide bonds. The Morgan fingerprint density at radius 1 is 1.34 bits per heavy atom. The van der Waals surface area contributed by atoms with Crippen LogP contribution < -0.4 is 4.74 Å². The molecule has 0 saturated heterocycles. The highest BCUT2D eigenvalue weighted by Crippen LogP contribution is 2.33. The fourth-order valence-electron chi connectivity index (χ4n) is 3.88. The van der Waals surface area contributed by atoms with Crippen molar-refractivity contribution in [3.8, 4) is 5.75 Å². The maximum Gasteiger partial charge on any atom is 0.283 e. The average Bonchev–Trinajstić information content (AvgIpc) is 3.13. The van der Waals surface area contributed by atoms with Crippen LogP contribution in [0.15, 0.2) is 38.3 Å². The van der Waals surface area contributed by atoms with Gasteiger partial charge in [-0.1, -0.05) is 38.2 Å². The quantitative estimate of drug-likeness (QED) is 0.576. The Bertz CT molecular complexity index is 935. The Morgan fingerprint density at radius 3 is 2.86 bits per heavy atom. The van der Waals surface area contributed by atoms with Crippen LogP contribution in [0.1, 0.15) is 50.5 Å². The zero-order valence-electron chi connectivity index (χ0n) is 16.3. The van der Waals surface area contributed by atoms with Crippen molar-refractivity contribution < 1.29 is 9.53 Å². The molecule has 1 saturated carbocycles. The minimum Gasteiger partial charge on any atom is -0.496 e. The van der Waals surface area contributed by atoms with Gasteiger partial charge in [-0.3, -0.25) is 10.2 Å². The molecule has 1 aliphatic carbocycles. The predicted octanol–water partition coefficient (Wildman–Crippen LogP) is 5.44. The van der Waals surface area contributed by atoms with E-state index in [1.165, 1.54) is 48.9 Å². The summed E-state index contributed by atoms with van der Waals surface area (Å²) in [5, 5.41) is 16.0. The third-order valence-electron chi connectivity index (χ3n) is 5.47. The van der Waals surface area contributed by atoms with Crippen LogP contribution >= 0.6 is 27.7 Å². The van der Waals surface area contributed by atoms with Gasteiger partial charge >= 0.3 is 0 Å². The number of nitrogens with one attached hydrogen (secondary N) is 1. The molecule has 1 fully saturated rings. The molecule has 0 unspecified atom stereocenters. The van der Waals surface area contributed by atoms with Crippen LogP contribution in [0.4, 0.5) is 0 Å². The summed E-state index contributed by atoms with van der Waals surface area (Å²) >= 11 is 4.87. The zero-order valence-corrected chi connectivity index (χ0v) is 18.7. The second-order valence-electron chi connectivity index (χ2n) is 7.45. The number of thioether (sulfide) groups is 1. The lowest BCUT2D eigenvalue weighted by Crippen LogP contribution is -2.35. The molecule has 4 rings (SSSR count). The fourth-order valence-corrected chi connectivity index (χ4v) is 5.33. The molecule has 29 heavy (non-hydrogen) atoms. The minimum absolute atomic E-state index is 0.0760. The van der Waals surface area contributed by atoms with Crippen LogP contribution in [-0.2, 0) is 4.79 Å². The fraction of sp³-hybridized carbons (Fsp3) is 0.429. The number of ether oxygens (including phenoxy) is 1. The maximum atomic E-state index is 12.5. The number of fused-ring (bicyclic) bond motifs is 1. The number of nitrogens with zero attached hydrogens (tertiary/aromatic N) is 3. The molecule has 152 valence electrons. The van der Waals surface area contributed by atoms with Crippen LogP contribution in [-0.4, -0.2) is 34.1 Å². The lowest BCUT2D eigenvalue weighted by molar-refractivity contribution is -0.114. The molecule has 1 aromatic carbocycles. The number of halogens is 1. The molecule has 0 radical (unpaired) electrons. The topological polar surface area (TPSA) is 78.1 Å². The number of carbonyl (C=O) groups is 1. The van der Waals surface area contributed by atoms with Crippen LogP contribution in [0.25, 0.3) is 6.08 Å². The summed E-state index contributed by atoms with van der Waals surface area (Å²) in [4.78, 5) is 16.7. The molecule has 8 heteroatoms. The second-order valence-corrected chi connectivity index (χ2v) is 9.35. The maximum absolute atomic E-state index is 12.5. The van der Waals surface area contributed by atoms with E-state index in [4.69, 9.17) is 10.1 Å². The van der Waals surface area contributed by atoms with E-state index < -0.39 is 5.91 Å². The Kier molecular flexibility index (Phi) is 6.20. The number of hydrogen-bond donors (Lipinski definition) is 1. The second kappa shape index (κ2) is 8.83. The molecule has 0 bridgehead atoms. The minimum atomic E-state index is -0.399. The smallest absolute Gasteiger partial charge is 0.283 e. The Balaban J connectivity index is 1.49. The van der Waals surface area contributed by atoms with Crippen molar-refractivity contribution in [2.45, 2.75) is 44.9 Å². The van der Waals surface area contributed by atoms with Gasteiger partial charge in [-0.2, -0.15) is 15.1 Å². The summed E-state index contributed by atoms with van der Waals surface area (Å²) in [7, 11) is 1.60. The van der Waals surface area contributed by atoms with Gasteiger partial charge in [0.25, 0.3) is 5.91 Å². The molecule has 2 heterocycles. The van der Waals surface area contributed by atoms with Crippen molar-refractivity contribution in [1.82, 2.24) is 5.01 Å². The van der Waals surface area contributed by atoms with Crippen molar-refractivity contribution in [3.05, 3.63) is 33.8 Å². The predicted molar refractivity (Wildman–Crippen MR) is 122 cm³/mol. The summed E-state index contributed by atoms with van der Waals surface area (Å²) in [6.07, 6.45) is 10.3. The number of carbonyl (C=O) groups excluding carboxylic acids is 1. The third-order valence-corrected chi connectivity index (χ3v) is 7.06. The van der Waals surface area contributed by atoms with E-state index in [0.29, 0.717) is 10.9 Å². The first kappa shape index (κ1) is 20.3. The van der Waals surface area contributed by atoms with E-state index in [-0.39, 0.29) is 11.4 Å². The Labute approximate surface area is 183 Å². The van der Waals surface area contributed by atoms with Gasteiger partial charge < -0.3 is 4.74 Å². The van der Waals surface area contributed by atoms with Crippen LogP contribution in [0.5, 0.6) is 5.75 Å². The van der Waals surface area contributed by atoms with Crippen LogP contribution in [0, 0.1) is 11.3 Å². The SMILES string of the molecule is COc1ccc(C=C2C(=N)N3N=C(CCC4CCCCC4)SC3=NC2=O)cc1Br. The Morgan fingerprint density at radius 2 is 2.14 bits per heavy atom. The van der Waals surface area contributed by atoms with Crippen molar-refractivity contribution in [1.29, 1.82) is 5.41 Å². The number of amides is 1. The molecule has 2 aliphatic heterocycles. The summed E-state index contributed by atoms with van der Waals surface area (Å²) in [6.45, 7) is 0. The number of benzene rings is 1. The highest BCUT2D eigenvalue weighted by atomic mass is 79.9. The van der Waals surface area contributed by atoms with E-state index in [2.05, 4.69) is 26.0 Å². The van der Waals surface area contributed by atoms with Crippen molar-refractivity contribution in [3.63, 3.8) is 0 Å². The van der Waals surface area contributed by atoms with Gasteiger partial charge in [0.1, 0.15) is 10.8 Å².